The average molecular weight is 334 g/mol. The van der Waals surface area contributed by atoms with Gasteiger partial charge in [-0.05, 0) is 37.1 Å². The van der Waals surface area contributed by atoms with Gasteiger partial charge in [-0.3, -0.25) is 4.79 Å². The Kier molecular flexibility index (Phi) is 7.68. The van der Waals surface area contributed by atoms with E-state index in [0.717, 1.165) is 12.5 Å². The summed E-state index contributed by atoms with van der Waals surface area (Å²) in [5.74, 6) is -1.51. The molecule has 6 nitrogen and oxygen atoms in total. The lowest BCUT2D eigenvalue weighted by Crippen LogP contribution is -2.30. The standard InChI is InChI=1S/C18H22O6/c1-5-6-16(18(21)23-13(3)19)24-17(20)12(2)11-14-7-9-15(22-4)10-8-14/h7-11,16H,5-6H2,1-4H3/b12-11+. The minimum Gasteiger partial charge on any atom is -0.497 e. The number of methoxy groups -OCH3 is 1. The molecular formula is C18H22O6. The molecule has 0 aromatic heterocycles. The molecule has 0 aliphatic heterocycles. The van der Waals surface area contributed by atoms with E-state index in [0.29, 0.717) is 17.7 Å². The van der Waals surface area contributed by atoms with Crippen LogP contribution in [-0.4, -0.2) is 31.1 Å². The van der Waals surface area contributed by atoms with Crippen molar-refractivity contribution < 1.29 is 28.6 Å². The fourth-order valence-electron chi connectivity index (χ4n) is 1.93. The molecule has 6 heteroatoms. The number of ether oxygens (including phenoxy) is 3. The van der Waals surface area contributed by atoms with E-state index in [1.165, 1.54) is 0 Å². The Balaban J connectivity index is 2.79. The number of benzene rings is 1. The molecule has 1 unspecified atom stereocenters. The highest BCUT2D eigenvalue weighted by atomic mass is 16.6. The number of carbonyl (C=O) groups is 3. The van der Waals surface area contributed by atoms with Crippen molar-refractivity contribution in [2.75, 3.05) is 7.11 Å². The number of esters is 3. The summed E-state index contributed by atoms with van der Waals surface area (Å²) in [4.78, 5) is 34.8. The van der Waals surface area contributed by atoms with Crippen LogP contribution in [-0.2, 0) is 23.9 Å². The molecule has 0 saturated heterocycles. The number of hydrogen-bond donors (Lipinski definition) is 0. The first kappa shape index (κ1) is 19.4. The van der Waals surface area contributed by atoms with E-state index in [9.17, 15) is 14.4 Å². The Labute approximate surface area is 141 Å². The molecule has 1 aromatic carbocycles. The summed E-state index contributed by atoms with van der Waals surface area (Å²) >= 11 is 0. The minimum absolute atomic E-state index is 0.285. The van der Waals surface area contributed by atoms with Crippen LogP contribution in [0.25, 0.3) is 6.08 Å². The van der Waals surface area contributed by atoms with Crippen molar-refractivity contribution in [3.63, 3.8) is 0 Å². The van der Waals surface area contributed by atoms with E-state index in [1.54, 1.807) is 44.4 Å². The van der Waals surface area contributed by atoms with Crippen molar-refractivity contribution >= 4 is 24.0 Å². The van der Waals surface area contributed by atoms with Crippen LogP contribution in [0.5, 0.6) is 5.75 Å². The Morgan fingerprint density at radius 2 is 1.75 bits per heavy atom. The van der Waals surface area contributed by atoms with Crippen molar-refractivity contribution in [3.05, 3.63) is 35.4 Å². The van der Waals surface area contributed by atoms with Gasteiger partial charge in [0.15, 0.2) is 6.10 Å². The summed E-state index contributed by atoms with van der Waals surface area (Å²) in [6.45, 7) is 4.55. The van der Waals surface area contributed by atoms with Crippen molar-refractivity contribution in [2.45, 2.75) is 39.7 Å². The molecule has 0 fully saturated rings. The second kappa shape index (κ2) is 9.50. The topological polar surface area (TPSA) is 78.9 Å². The second-order valence-electron chi connectivity index (χ2n) is 5.20. The molecule has 0 bridgehead atoms. The molecule has 130 valence electrons. The molecule has 0 radical (unpaired) electrons. The van der Waals surface area contributed by atoms with Crippen molar-refractivity contribution in [3.8, 4) is 5.75 Å². The van der Waals surface area contributed by atoms with Gasteiger partial charge in [-0.15, -0.1) is 0 Å². The van der Waals surface area contributed by atoms with Crippen LogP contribution < -0.4 is 4.74 Å². The van der Waals surface area contributed by atoms with E-state index in [2.05, 4.69) is 4.74 Å². The SMILES string of the molecule is CCCC(OC(=O)/C(C)=C/c1ccc(OC)cc1)C(=O)OC(C)=O. The molecular weight excluding hydrogens is 312 g/mol. The van der Waals surface area contributed by atoms with Crippen LogP contribution >= 0.6 is 0 Å². The van der Waals surface area contributed by atoms with Crippen LogP contribution in [0.15, 0.2) is 29.8 Å². The smallest absolute Gasteiger partial charge is 0.355 e. The maximum absolute atomic E-state index is 12.1. The maximum atomic E-state index is 12.1. The highest BCUT2D eigenvalue weighted by Crippen LogP contribution is 2.15. The van der Waals surface area contributed by atoms with E-state index in [4.69, 9.17) is 9.47 Å². The first-order chi connectivity index (χ1) is 11.4. The fraction of sp³-hybridized carbons (Fsp3) is 0.389. The number of rotatable bonds is 7. The Morgan fingerprint density at radius 1 is 1.12 bits per heavy atom. The summed E-state index contributed by atoms with van der Waals surface area (Å²) in [6.07, 6.45) is 1.44. The van der Waals surface area contributed by atoms with Gasteiger partial charge in [-0.1, -0.05) is 25.5 Å². The van der Waals surface area contributed by atoms with Gasteiger partial charge in [0, 0.05) is 12.5 Å². The minimum atomic E-state index is -1.09. The molecule has 0 amide bonds. The summed E-state index contributed by atoms with van der Waals surface area (Å²) in [5.41, 5.74) is 1.13. The first-order valence-electron chi connectivity index (χ1n) is 7.63. The van der Waals surface area contributed by atoms with Gasteiger partial charge in [0.05, 0.1) is 7.11 Å². The Hall–Kier alpha value is -2.63. The van der Waals surface area contributed by atoms with Gasteiger partial charge in [-0.2, -0.15) is 0 Å². The van der Waals surface area contributed by atoms with E-state index in [1.807, 2.05) is 6.92 Å². The van der Waals surface area contributed by atoms with Gasteiger partial charge in [0.1, 0.15) is 5.75 Å². The summed E-state index contributed by atoms with van der Waals surface area (Å²) in [7, 11) is 1.57. The normalized spacial score (nSPS) is 12.2. The predicted octanol–water partition coefficient (Wildman–Crippen LogP) is 2.90. The molecule has 24 heavy (non-hydrogen) atoms. The molecule has 1 atom stereocenters. The zero-order valence-electron chi connectivity index (χ0n) is 14.3. The zero-order valence-corrected chi connectivity index (χ0v) is 14.3. The fourth-order valence-corrected chi connectivity index (χ4v) is 1.93. The van der Waals surface area contributed by atoms with Gasteiger partial charge in [0.25, 0.3) is 0 Å². The van der Waals surface area contributed by atoms with Gasteiger partial charge in [-0.25, -0.2) is 9.59 Å². The third-order valence-corrected chi connectivity index (χ3v) is 3.13. The van der Waals surface area contributed by atoms with Gasteiger partial charge >= 0.3 is 17.9 Å². The zero-order chi connectivity index (χ0) is 18.1. The third-order valence-electron chi connectivity index (χ3n) is 3.13. The van der Waals surface area contributed by atoms with Crippen molar-refractivity contribution in [2.24, 2.45) is 0 Å². The summed E-state index contributed by atoms with van der Waals surface area (Å²) in [6, 6.07) is 7.13. The van der Waals surface area contributed by atoms with E-state index in [-0.39, 0.29) is 6.42 Å². The van der Waals surface area contributed by atoms with E-state index >= 15 is 0 Å². The molecule has 0 heterocycles. The first-order valence-corrected chi connectivity index (χ1v) is 7.63. The second-order valence-corrected chi connectivity index (χ2v) is 5.20. The maximum Gasteiger partial charge on any atom is 0.355 e. The van der Waals surface area contributed by atoms with Crippen molar-refractivity contribution in [1.82, 2.24) is 0 Å². The molecule has 0 aliphatic carbocycles. The molecule has 0 N–H and O–H groups in total. The van der Waals surface area contributed by atoms with Crippen LogP contribution in [0.2, 0.25) is 0 Å². The highest BCUT2D eigenvalue weighted by Gasteiger charge is 2.25. The quantitative estimate of drug-likeness (QED) is 0.433. The van der Waals surface area contributed by atoms with Crippen LogP contribution in [0.3, 0.4) is 0 Å². The van der Waals surface area contributed by atoms with Crippen molar-refractivity contribution in [1.29, 1.82) is 0 Å². The highest BCUT2D eigenvalue weighted by molar-refractivity contribution is 5.95. The van der Waals surface area contributed by atoms with Crippen LogP contribution in [0, 0.1) is 0 Å². The largest absolute Gasteiger partial charge is 0.497 e. The lowest BCUT2D eigenvalue weighted by molar-refractivity contribution is -0.172. The molecule has 0 aliphatic rings. The van der Waals surface area contributed by atoms with Crippen LogP contribution in [0.4, 0.5) is 0 Å². The predicted molar refractivity (Wildman–Crippen MR) is 88.2 cm³/mol. The van der Waals surface area contributed by atoms with Crippen LogP contribution in [0.1, 0.15) is 39.2 Å². The lowest BCUT2D eigenvalue weighted by Gasteiger charge is -2.15. The Bertz CT molecular complexity index is 615. The molecule has 1 aromatic rings. The lowest BCUT2D eigenvalue weighted by atomic mass is 10.1. The monoisotopic (exact) mass is 334 g/mol. The summed E-state index contributed by atoms with van der Waals surface area (Å²) in [5, 5.41) is 0. The third kappa shape index (κ3) is 6.24. The van der Waals surface area contributed by atoms with Gasteiger partial charge in [0.2, 0.25) is 0 Å². The molecule has 0 spiro atoms. The molecule has 0 saturated carbocycles. The number of hydrogen-bond acceptors (Lipinski definition) is 6. The average Bonchev–Trinajstić information content (AvgIpc) is 2.54. The van der Waals surface area contributed by atoms with Gasteiger partial charge < -0.3 is 14.2 Å². The summed E-state index contributed by atoms with van der Waals surface area (Å²) < 4.78 is 14.7. The van der Waals surface area contributed by atoms with E-state index < -0.39 is 24.0 Å². The number of carbonyl (C=O) groups excluding carboxylic acids is 3. The molecule has 1 rings (SSSR count). The Morgan fingerprint density at radius 3 is 2.25 bits per heavy atom.